The SMILES string of the molecule is O=C(O)c1cccc(S(=O)(=O)[O-])c1. The van der Waals surface area contributed by atoms with Crippen LogP contribution < -0.4 is 0 Å². The molecule has 0 radical (unpaired) electrons. The van der Waals surface area contributed by atoms with Gasteiger partial charge in [0.1, 0.15) is 10.1 Å². The van der Waals surface area contributed by atoms with Crippen molar-refractivity contribution >= 4 is 16.1 Å². The summed E-state index contributed by atoms with van der Waals surface area (Å²) >= 11 is 0. The van der Waals surface area contributed by atoms with Gasteiger partial charge in [0.25, 0.3) is 0 Å². The molecule has 0 heterocycles. The lowest BCUT2D eigenvalue weighted by Gasteiger charge is -2.06. The molecule has 1 N–H and O–H groups in total. The van der Waals surface area contributed by atoms with Gasteiger partial charge >= 0.3 is 5.97 Å². The van der Waals surface area contributed by atoms with Crippen LogP contribution in [0.25, 0.3) is 0 Å². The maximum absolute atomic E-state index is 10.5. The average molecular weight is 201 g/mol. The quantitative estimate of drug-likeness (QED) is 0.694. The standard InChI is InChI=1S/C7H6O5S/c8-7(9)5-2-1-3-6(4-5)13(10,11)12/h1-4H,(H,8,9)(H,10,11,12)/p-1. The second-order valence-corrected chi connectivity index (χ2v) is 3.67. The summed E-state index contributed by atoms with van der Waals surface area (Å²) in [6.45, 7) is 0. The molecule has 0 spiro atoms. The van der Waals surface area contributed by atoms with Gasteiger partial charge in [-0.25, -0.2) is 13.2 Å². The molecule has 0 saturated heterocycles. The minimum absolute atomic E-state index is 0.225. The molecule has 0 fully saturated rings. The second kappa shape index (κ2) is 3.15. The zero-order valence-corrected chi connectivity index (χ0v) is 7.11. The lowest BCUT2D eigenvalue weighted by atomic mass is 10.2. The summed E-state index contributed by atoms with van der Waals surface area (Å²) in [5, 5.41) is 8.48. The first-order valence-corrected chi connectivity index (χ1v) is 4.61. The second-order valence-electron chi connectivity index (χ2n) is 2.29. The topological polar surface area (TPSA) is 94.5 Å². The van der Waals surface area contributed by atoms with E-state index in [0.717, 1.165) is 12.1 Å². The highest BCUT2D eigenvalue weighted by Gasteiger charge is 2.06. The number of benzene rings is 1. The Morgan fingerprint density at radius 1 is 1.38 bits per heavy atom. The van der Waals surface area contributed by atoms with E-state index in [9.17, 15) is 17.8 Å². The molecule has 1 aromatic rings. The van der Waals surface area contributed by atoms with Gasteiger partial charge in [0.2, 0.25) is 0 Å². The number of hydrogen-bond acceptors (Lipinski definition) is 4. The number of rotatable bonds is 2. The summed E-state index contributed by atoms with van der Waals surface area (Å²) in [6.07, 6.45) is 0. The van der Waals surface area contributed by atoms with Gasteiger partial charge in [0, 0.05) is 0 Å². The monoisotopic (exact) mass is 201 g/mol. The van der Waals surface area contributed by atoms with Crippen LogP contribution in [0.15, 0.2) is 29.2 Å². The number of aromatic carboxylic acids is 1. The molecule has 0 atom stereocenters. The van der Waals surface area contributed by atoms with Crippen molar-refractivity contribution in [1.29, 1.82) is 0 Å². The predicted octanol–water partition coefficient (Wildman–Crippen LogP) is 0.289. The highest BCUT2D eigenvalue weighted by molar-refractivity contribution is 7.85. The summed E-state index contributed by atoms with van der Waals surface area (Å²) in [7, 11) is -4.57. The molecule has 13 heavy (non-hydrogen) atoms. The molecule has 0 amide bonds. The Kier molecular flexibility index (Phi) is 2.35. The van der Waals surface area contributed by atoms with Gasteiger partial charge in [-0.15, -0.1) is 0 Å². The zero-order chi connectivity index (χ0) is 10.1. The van der Waals surface area contributed by atoms with Gasteiger partial charge in [-0.05, 0) is 18.2 Å². The van der Waals surface area contributed by atoms with Crippen LogP contribution in [0, 0.1) is 0 Å². The third kappa shape index (κ3) is 2.27. The van der Waals surface area contributed by atoms with Crippen molar-refractivity contribution in [2.75, 3.05) is 0 Å². The summed E-state index contributed by atoms with van der Waals surface area (Å²) in [5.74, 6) is -1.27. The number of carbonyl (C=O) groups is 1. The van der Waals surface area contributed by atoms with Crippen LogP contribution >= 0.6 is 0 Å². The number of carboxylic acids is 1. The average Bonchev–Trinajstić information content (AvgIpc) is 2.03. The van der Waals surface area contributed by atoms with Crippen molar-refractivity contribution in [1.82, 2.24) is 0 Å². The van der Waals surface area contributed by atoms with Gasteiger partial charge in [0.05, 0.1) is 10.5 Å². The Hall–Kier alpha value is -1.40. The van der Waals surface area contributed by atoms with E-state index in [1.807, 2.05) is 0 Å². The first-order valence-electron chi connectivity index (χ1n) is 3.20. The molecule has 1 aromatic carbocycles. The van der Waals surface area contributed by atoms with Crippen molar-refractivity contribution in [2.45, 2.75) is 4.90 Å². The predicted molar refractivity (Wildman–Crippen MR) is 41.4 cm³/mol. The highest BCUT2D eigenvalue weighted by Crippen LogP contribution is 2.10. The van der Waals surface area contributed by atoms with Gasteiger partial charge in [-0.2, -0.15) is 0 Å². The third-order valence-corrected chi connectivity index (χ3v) is 2.20. The van der Waals surface area contributed by atoms with Crippen LogP contribution in [0.2, 0.25) is 0 Å². The Labute approximate surface area is 74.4 Å². The lowest BCUT2D eigenvalue weighted by molar-refractivity contribution is 0.0696. The molecule has 0 bridgehead atoms. The van der Waals surface area contributed by atoms with E-state index in [-0.39, 0.29) is 5.56 Å². The van der Waals surface area contributed by atoms with Gasteiger partial charge in [0.15, 0.2) is 0 Å². The van der Waals surface area contributed by atoms with E-state index in [1.165, 1.54) is 12.1 Å². The maximum Gasteiger partial charge on any atom is 0.335 e. The molecule has 70 valence electrons. The molecular weight excluding hydrogens is 196 g/mol. The van der Waals surface area contributed by atoms with E-state index in [0.29, 0.717) is 0 Å². The number of carboxylic acid groups (broad SMARTS) is 1. The Balaban J connectivity index is 3.29. The normalized spacial score (nSPS) is 11.2. The van der Waals surface area contributed by atoms with Crippen molar-refractivity contribution in [3.63, 3.8) is 0 Å². The smallest absolute Gasteiger partial charge is 0.335 e. The summed E-state index contributed by atoms with van der Waals surface area (Å²) in [5.41, 5.74) is -0.225. The van der Waals surface area contributed by atoms with E-state index < -0.39 is 21.0 Å². The van der Waals surface area contributed by atoms with Crippen LogP contribution in [0.5, 0.6) is 0 Å². The van der Waals surface area contributed by atoms with Crippen LogP contribution in [0.3, 0.4) is 0 Å². The molecular formula is C7H5O5S-. The third-order valence-electron chi connectivity index (χ3n) is 1.37. The van der Waals surface area contributed by atoms with Gasteiger partial charge in [-0.1, -0.05) is 6.07 Å². The Bertz CT molecular complexity index is 434. The Morgan fingerprint density at radius 3 is 2.46 bits per heavy atom. The van der Waals surface area contributed by atoms with Crippen molar-refractivity contribution in [3.05, 3.63) is 29.8 Å². The fourth-order valence-corrected chi connectivity index (χ4v) is 1.30. The largest absolute Gasteiger partial charge is 0.744 e. The molecule has 5 nitrogen and oxygen atoms in total. The van der Waals surface area contributed by atoms with Crippen LogP contribution in [-0.2, 0) is 10.1 Å². The molecule has 0 unspecified atom stereocenters. The van der Waals surface area contributed by atoms with Crippen LogP contribution in [0.1, 0.15) is 10.4 Å². The van der Waals surface area contributed by atoms with E-state index in [4.69, 9.17) is 5.11 Å². The molecule has 0 aliphatic rings. The summed E-state index contributed by atoms with van der Waals surface area (Å²) in [4.78, 5) is 9.85. The molecule has 0 aliphatic heterocycles. The number of hydrogen-bond donors (Lipinski definition) is 1. The Morgan fingerprint density at radius 2 is 2.00 bits per heavy atom. The minimum Gasteiger partial charge on any atom is -0.744 e. The fraction of sp³-hybridized carbons (Fsp3) is 0. The van der Waals surface area contributed by atoms with Crippen LogP contribution in [0.4, 0.5) is 0 Å². The molecule has 0 aliphatic carbocycles. The van der Waals surface area contributed by atoms with Crippen molar-refractivity contribution in [3.8, 4) is 0 Å². The van der Waals surface area contributed by atoms with Gasteiger partial charge < -0.3 is 9.66 Å². The van der Waals surface area contributed by atoms with E-state index in [2.05, 4.69) is 0 Å². The highest BCUT2D eigenvalue weighted by atomic mass is 32.2. The zero-order valence-electron chi connectivity index (χ0n) is 6.30. The fourth-order valence-electron chi connectivity index (χ4n) is 0.785. The molecule has 6 heteroatoms. The van der Waals surface area contributed by atoms with E-state index in [1.54, 1.807) is 0 Å². The van der Waals surface area contributed by atoms with E-state index >= 15 is 0 Å². The summed E-state index contributed by atoms with van der Waals surface area (Å²) < 4.78 is 31.4. The first-order chi connectivity index (χ1) is 5.91. The van der Waals surface area contributed by atoms with Crippen molar-refractivity contribution < 1.29 is 22.9 Å². The van der Waals surface area contributed by atoms with Crippen LogP contribution in [-0.4, -0.2) is 24.0 Å². The minimum atomic E-state index is -4.57. The molecule has 0 saturated carbocycles. The van der Waals surface area contributed by atoms with Crippen molar-refractivity contribution in [2.24, 2.45) is 0 Å². The first kappa shape index (κ1) is 9.69. The molecule has 1 rings (SSSR count). The lowest BCUT2D eigenvalue weighted by Crippen LogP contribution is -2.02. The molecule has 0 aromatic heterocycles. The summed E-state index contributed by atoms with van der Waals surface area (Å²) in [6, 6.07) is 4.28. The van der Waals surface area contributed by atoms with Gasteiger partial charge in [-0.3, -0.25) is 0 Å². The maximum atomic E-state index is 10.5.